The smallest absolute Gasteiger partial charge is 0.242 e. The molecule has 2 saturated heterocycles. The van der Waals surface area contributed by atoms with Gasteiger partial charge in [-0.3, -0.25) is 9.59 Å². The molecule has 2 bridgehead atoms. The van der Waals surface area contributed by atoms with Crippen LogP contribution in [-0.2, 0) is 9.59 Å². The van der Waals surface area contributed by atoms with Crippen LogP contribution in [0.5, 0.6) is 0 Å². The van der Waals surface area contributed by atoms with Crippen LogP contribution in [0.3, 0.4) is 0 Å². The van der Waals surface area contributed by atoms with Gasteiger partial charge >= 0.3 is 0 Å². The molecule has 2 heterocycles. The number of fused-ring (bicyclic) bond motifs is 2. The Bertz CT molecular complexity index is 311. The molecule has 6 heteroatoms. The summed E-state index contributed by atoms with van der Waals surface area (Å²) in [4.78, 5) is 25.6. The molecular weight excluding hydrogens is 266 g/mol. The zero-order valence-corrected chi connectivity index (χ0v) is 12.3. The van der Waals surface area contributed by atoms with Crippen molar-refractivity contribution in [3.05, 3.63) is 0 Å². The summed E-state index contributed by atoms with van der Waals surface area (Å²) < 4.78 is 0. The number of rotatable bonds is 4. The number of hydrogen-bond donors (Lipinski definition) is 2. The van der Waals surface area contributed by atoms with Gasteiger partial charge in [-0.2, -0.15) is 0 Å². The first-order valence-corrected chi connectivity index (χ1v) is 7.01. The van der Waals surface area contributed by atoms with E-state index in [1.54, 1.807) is 0 Å². The van der Waals surface area contributed by atoms with Crippen LogP contribution in [0.1, 0.15) is 39.0 Å². The number of hydrogen-bond acceptors (Lipinski definition) is 3. The van der Waals surface area contributed by atoms with Crippen LogP contribution in [0.2, 0.25) is 0 Å². The number of amides is 2. The third kappa shape index (κ3) is 4.08. The van der Waals surface area contributed by atoms with E-state index in [4.69, 9.17) is 0 Å². The Hall–Kier alpha value is -0.810. The van der Waals surface area contributed by atoms with Crippen molar-refractivity contribution in [1.29, 1.82) is 0 Å². The van der Waals surface area contributed by atoms with Gasteiger partial charge in [0.05, 0.1) is 6.54 Å². The Morgan fingerprint density at radius 3 is 2.74 bits per heavy atom. The molecule has 0 aromatic rings. The molecule has 2 N–H and O–H groups in total. The molecule has 2 aliphatic rings. The molecule has 2 rings (SSSR count). The lowest BCUT2D eigenvalue weighted by molar-refractivity contribution is -0.135. The maximum absolute atomic E-state index is 12.2. The summed E-state index contributed by atoms with van der Waals surface area (Å²) >= 11 is 0. The highest BCUT2D eigenvalue weighted by atomic mass is 35.5. The largest absolute Gasteiger partial charge is 0.347 e. The third-order valence-electron chi connectivity index (χ3n) is 3.86. The Kier molecular flexibility index (Phi) is 6.58. The molecule has 0 saturated carbocycles. The number of carbonyl (C=O) groups excluding carboxylic acids is 2. The lowest BCUT2D eigenvalue weighted by atomic mass is 10.1. The number of nitrogens with one attached hydrogen (secondary N) is 2. The Balaban J connectivity index is 0.00000180. The topological polar surface area (TPSA) is 61.4 Å². The van der Waals surface area contributed by atoms with Crippen molar-refractivity contribution in [1.82, 2.24) is 15.5 Å². The summed E-state index contributed by atoms with van der Waals surface area (Å²) in [6.45, 7) is 4.01. The monoisotopic (exact) mass is 289 g/mol. The minimum absolute atomic E-state index is 0. The fourth-order valence-electron chi connectivity index (χ4n) is 2.97. The van der Waals surface area contributed by atoms with Gasteiger partial charge in [-0.15, -0.1) is 12.4 Å². The Morgan fingerprint density at radius 2 is 2.00 bits per heavy atom. The summed E-state index contributed by atoms with van der Waals surface area (Å²) in [5.41, 5.74) is 0. The van der Waals surface area contributed by atoms with Gasteiger partial charge in [0.2, 0.25) is 11.8 Å². The second-order valence-electron chi connectivity index (χ2n) is 5.21. The molecule has 110 valence electrons. The second kappa shape index (κ2) is 7.70. The van der Waals surface area contributed by atoms with Crippen LogP contribution in [-0.4, -0.2) is 48.4 Å². The van der Waals surface area contributed by atoms with Crippen LogP contribution >= 0.6 is 12.4 Å². The van der Waals surface area contributed by atoms with E-state index in [1.807, 2.05) is 11.8 Å². The molecule has 19 heavy (non-hydrogen) atoms. The first kappa shape index (κ1) is 16.2. The summed E-state index contributed by atoms with van der Waals surface area (Å²) in [5, 5.41) is 6.09. The molecule has 0 aromatic carbocycles. The number of nitrogens with zero attached hydrogens (tertiary/aromatic N) is 1. The molecule has 2 unspecified atom stereocenters. The maximum atomic E-state index is 12.2. The van der Waals surface area contributed by atoms with Gasteiger partial charge in [0.15, 0.2) is 0 Å². The predicted octanol–water partition coefficient (Wildman–Crippen LogP) is 0.677. The van der Waals surface area contributed by atoms with Crippen molar-refractivity contribution in [2.75, 3.05) is 19.6 Å². The fraction of sp³-hybridized carbons (Fsp3) is 0.846. The van der Waals surface area contributed by atoms with Gasteiger partial charge in [-0.05, 0) is 32.2 Å². The molecule has 0 aliphatic carbocycles. The average Bonchev–Trinajstić information content (AvgIpc) is 2.60. The SMILES string of the molecule is CCCC(=O)NCC(=O)N1C2CCNCC1CC2.Cl. The van der Waals surface area contributed by atoms with Crippen LogP contribution < -0.4 is 10.6 Å². The van der Waals surface area contributed by atoms with Crippen LogP contribution in [0.15, 0.2) is 0 Å². The van der Waals surface area contributed by atoms with E-state index in [1.165, 1.54) is 0 Å². The maximum Gasteiger partial charge on any atom is 0.242 e. The minimum atomic E-state index is -0.0221. The number of halogens is 1. The highest BCUT2D eigenvalue weighted by molar-refractivity contribution is 5.85. The van der Waals surface area contributed by atoms with E-state index in [-0.39, 0.29) is 30.8 Å². The van der Waals surface area contributed by atoms with E-state index >= 15 is 0 Å². The molecule has 2 aliphatic heterocycles. The number of carbonyl (C=O) groups is 2. The van der Waals surface area contributed by atoms with Crippen LogP contribution in [0.25, 0.3) is 0 Å². The van der Waals surface area contributed by atoms with Crippen molar-refractivity contribution >= 4 is 24.2 Å². The van der Waals surface area contributed by atoms with Crippen molar-refractivity contribution in [2.45, 2.75) is 51.1 Å². The van der Waals surface area contributed by atoms with E-state index in [0.717, 1.165) is 38.8 Å². The lowest BCUT2D eigenvalue weighted by Gasteiger charge is -2.28. The summed E-state index contributed by atoms with van der Waals surface area (Å²) in [6, 6.07) is 0.702. The highest BCUT2D eigenvalue weighted by Gasteiger charge is 2.37. The van der Waals surface area contributed by atoms with E-state index < -0.39 is 0 Å². The van der Waals surface area contributed by atoms with Gasteiger partial charge in [0.1, 0.15) is 0 Å². The molecule has 0 aromatic heterocycles. The molecule has 0 spiro atoms. The quantitative estimate of drug-likeness (QED) is 0.800. The van der Waals surface area contributed by atoms with Gasteiger partial charge in [-0.25, -0.2) is 0 Å². The summed E-state index contributed by atoms with van der Waals surface area (Å²) in [5.74, 6) is 0.0572. The summed E-state index contributed by atoms with van der Waals surface area (Å²) in [7, 11) is 0. The van der Waals surface area contributed by atoms with Gasteiger partial charge in [-0.1, -0.05) is 6.92 Å². The standard InChI is InChI=1S/C13H23N3O2.ClH/c1-2-3-12(17)15-9-13(18)16-10-4-5-11(16)8-14-7-6-10;/h10-11,14H,2-9H2,1H3,(H,15,17);1H. The van der Waals surface area contributed by atoms with Crippen molar-refractivity contribution in [2.24, 2.45) is 0 Å². The summed E-state index contributed by atoms with van der Waals surface area (Å²) in [6.07, 6.45) is 4.55. The van der Waals surface area contributed by atoms with E-state index in [9.17, 15) is 9.59 Å². The first-order chi connectivity index (χ1) is 8.72. The van der Waals surface area contributed by atoms with Gasteiger partial charge in [0.25, 0.3) is 0 Å². The molecule has 0 radical (unpaired) electrons. The van der Waals surface area contributed by atoms with E-state index in [2.05, 4.69) is 10.6 Å². The van der Waals surface area contributed by atoms with Crippen LogP contribution in [0, 0.1) is 0 Å². The molecule has 2 atom stereocenters. The van der Waals surface area contributed by atoms with Crippen LogP contribution in [0.4, 0.5) is 0 Å². The fourth-order valence-corrected chi connectivity index (χ4v) is 2.97. The minimum Gasteiger partial charge on any atom is -0.347 e. The highest BCUT2D eigenvalue weighted by Crippen LogP contribution is 2.27. The zero-order valence-electron chi connectivity index (χ0n) is 11.5. The Morgan fingerprint density at radius 1 is 1.26 bits per heavy atom. The van der Waals surface area contributed by atoms with Crippen molar-refractivity contribution < 1.29 is 9.59 Å². The second-order valence-corrected chi connectivity index (χ2v) is 5.21. The molecular formula is C13H24ClN3O2. The van der Waals surface area contributed by atoms with Gasteiger partial charge < -0.3 is 15.5 Å². The normalized spacial score (nSPS) is 25.4. The van der Waals surface area contributed by atoms with E-state index in [0.29, 0.717) is 18.5 Å². The zero-order chi connectivity index (χ0) is 13.0. The molecule has 2 fully saturated rings. The van der Waals surface area contributed by atoms with Crippen molar-refractivity contribution in [3.8, 4) is 0 Å². The third-order valence-corrected chi connectivity index (χ3v) is 3.86. The molecule has 5 nitrogen and oxygen atoms in total. The molecule has 2 amide bonds. The first-order valence-electron chi connectivity index (χ1n) is 7.01. The Labute approximate surface area is 120 Å². The average molecular weight is 290 g/mol. The predicted molar refractivity (Wildman–Crippen MR) is 76.3 cm³/mol. The lowest BCUT2D eigenvalue weighted by Crippen LogP contribution is -2.47. The van der Waals surface area contributed by atoms with Crippen molar-refractivity contribution in [3.63, 3.8) is 0 Å². The van der Waals surface area contributed by atoms with Gasteiger partial charge in [0, 0.05) is 25.0 Å².